The van der Waals surface area contributed by atoms with E-state index in [4.69, 9.17) is 0 Å². The molecule has 110 valence electrons. The predicted molar refractivity (Wildman–Crippen MR) is 83.3 cm³/mol. The molecule has 2 aromatic rings. The average molecular weight is 283 g/mol. The largest absolute Gasteiger partial charge is 0.393 e. The third-order valence-corrected chi connectivity index (χ3v) is 4.18. The zero-order chi connectivity index (χ0) is 14.8. The lowest BCUT2D eigenvalue weighted by atomic mass is 9.80. The van der Waals surface area contributed by atoms with E-state index in [0.29, 0.717) is 5.92 Å². The normalized spacial score (nSPS) is 20.9. The monoisotopic (exact) mass is 283 g/mol. The molecule has 1 aliphatic carbocycles. The maximum Gasteiger partial charge on any atom is 0.129 e. The summed E-state index contributed by atoms with van der Waals surface area (Å²) in [7, 11) is 0. The molecule has 0 radical (unpaired) electrons. The zero-order valence-corrected chi connectivity index (χ0v) is 12.5. The molecule has 4 nitrogen and oxygen atoms in total. The Morgan fingerprint density at radius 2 is 2.00 bits per heavy atom. The molecule has 1 heterocycles. The van der Waals surface area contributed by atoms with E-state index in [9.17, 15) is 5.11 Å². The van der Waals surface area contributed by atoms with Gasteiger partial charge in [0.15, 0.2) is 0 Å². The first-order valence-corrected chi connectivity index (χ1v) is 7.42. The van der Waals surface area contributed by atoms with Crippen molar-refractivity contribution in [3.05, 3.63) is 53.0 Å². The number of nitrogens with one attached hydrogen (secondary N) is 1. The highest BCUT2D eigenvalue weighted by Crippen LogP contribution is 2.35. The van der Waals surface area contributed by atoms with Gasteiger partial charge in [0.05, 0.1) is 6.10 Å². The Kier molecular flexibility index (Phi) is 3.88. The highest BCUT2D eigenvalue weighted by molar-refractivity contribution is 5.39. The highest BCUT2D eigenvalue weighted by atomic mass is 16.3. The first kappa shape index (κ1) is 14.0. The van der Waals surface area contributed by atoms with Crippen LogP contribution < -0.4 is 5.32 Å². The van der Waals surface area contributed by atoms with E-state index >= 15 is 0 Å². The number of aliphatic hydroxyl groups excluding tert-OH is 1. The third-order valence-electron chi connectivity index (χ3n) is 4.18. The van der Waals surface area contributed by atoms with Crippen molar-refractivity contribution < 1.29 is 5.11 Å². The van der Waals surface area contributed by atoms with Crippen LogP contribution in [0.3, 0.4) is 0 Å². The van der Waals surface area contributed by atoms with Crippen molar-refractivity contribution in [3.8, 4) is 0 Å². The van der Waals surface area contributed by atoms with Gasteiger partial charge in [-0.05, 0) is 37.8 Å². The van der Waals surface area contributed by atoms with Gasteiger partial charge < -0.3 is 10.4 Å². The van der Waals surface area contributed by atoms with Crippen LogP contribution in [0.25, 0.3) is 0 Å². The summed E-state index contributed by atoms with van der Waals surface area (Å²) in [5.41, 5.74) is 4.86. The second-order valence-corrected chi connectivity index (χ2v) is 5.93. The maximum absolute atomic E-state index is 9.40. The lowest BCUT2D eigenvalue weighted by Crippen LogP contribution is -2.27. The van der Waals surface area contributed by atoms with Crippen molar-refractivity contribution in [2.45, 2.75) is 45.3 Å². The van der Waals surface area contributed by atoms with Gasteiger partial charge in [0.1, 0.15) is 12.1 Å². The van der Waals surface area contributed by atoms with Crippen LogP contribution in [0.15, 0.2) is 30.6 Å². The summed E-state index contributed by atoms with van der Waals surface area (Å²) in [6, 6.07) is 8.48. The number of nitrogens with zero attached hydrogens (tertiary/aromatic N) is 2. The van der Waals surface area contributed by atoms with E-state index < -0.39 is 0 Å². The molecular weight excluding hydrogens is 262 g/mol. The van der Waals surface area contributed by atoms with E-state index in [1.165, 1.54) is 16.7 Å². The van der Waals surface area contributed by atoms with Crippen LogP contribution in [0.4, 0.5) is 5.82 Å². The fourth-order valence-electron chi connectivity index (χ4n) is 2.70. The molecule has 0 aliphatic heterocycles. The van der Waals surface area contributed by atoms with Crippen LogP contribution in [0.5, 0.6) is 0 Å². The molecular formula is C17H21N3O. The molecule has 4 heteroatoms. The summed E-state index contributed by atoms with van der Waals surface area (Å²) in [5, 5.41) is 12.8. The van der Waals surface area contributed by atoms with E-state index in [0.717, 1.165) is 30.9 Å². The van der Waals surface area contributed by atoms with Gasteiger partial charge in [0.25, 0.3) is 0 Å². The average Bonchev–Trinajstić information content (AvgIpc) is 2.45. The van der Waals surface area contributed by atoms with Gasteiger partial charge in [-0.2, -0.15) is 0 Å². The number of aromatic nitrogens is 2. The van der Waals surface area contributed by atoms with Crippen molar-refractivity contribution in [2.75, 3.05) is 5.32 Å². The van der Waals surface area contributed by atoms with Gasteiger partial charge in [-0.3, -0.25) is 0 Å². The van der Waals surface area contributed by atoms with Crippen molar-refractivity contribution >= 4 is 5.82 Å². The summed E-state index contributed by atoms with van der Waals surface area (Å²) in [6.45, 7) is 4.99. The molecule has 3 rings (SSSR count). The number of rotatable bonds is 4. The number of anilines is 1. The van der Waals surface area contributed by atoms with Gasteiger partial charge in [-0.15, -0.1) is 0 Å². The molecule has 0 atom stereocenters. The molecule has 1 aromatic heterocycles. The van der Waals surface area contributed by atoms with Crippen molar-refractivity contribution in [1.29, 1.82) is 0 Å². The second kappa shape index (κ2) is 5.82. The molecule has 0 spiro atoms. The van der Waals surface area contributed by atoms with Crippen LogP contribution in [-0.4, -0.2) is 21.2 Å². The maximum atomic E-state index is 9.40. The number of aliphatic hydroxyl groups is 1. The van der Waals surface area contributed by atoms with E-state index in [-0.39, 0.29) is 6.10 Å². The minimum Gasteiger partial charge on any atom is -0.393 e. The topological polar surface area (TPSA) is 58.0 Å². The molecule has 1 saturated carbocycles. The number of hydrogen-bond acceptors (Lipinski definition) is 4. The zero-order valence-electron chi connectivity index (χ0n) is 12.5. The summed E-state index contributed by atoms with van der Waals surface area (Å²) in [4.78, 5) is 8.60. The Morgan fingerprint density at radius 1 is 1.19 bits per heavy atom. The van der Waals surface area contributed by atoms with Crippen molar-refractivity contribution in [3.63, 3.8) is 0 Å². The molecule has 0 bridgehead atoms. The van der Waals surface area contributed by atoms with E-state index in [1.54, 1.807) is 6.33 Å². The number of hydrogen-bond donors (Lipinski definition) is 2. The van der Waals surface area contributed by atoms with Crippen molar-refractivity contribution in [2.24, 2.45) is 0 Å². The smallest absolute Gasteiger partial charge is 0.129 e. The molecule has 0 unspecified atom stereocenters. The Labute approximate surface area is 125 Å². The van der Waals surface area contributed by atoms with Gasteiger partial charge in [-0.1, -0.05) is 23.8 Å². The van der Waals surface area contributed by atoms with Crippen LogP contribution in [0.2, 0.25) is 0 Å². The lowest BCUT2D eigenvalue weighted by molar-refractivity contribution is 0.0732. The Hall–Kier alpha value is -1.94. The second-order valence-electron chi connectivity index (χ2n) is 5.93. The summed E-state index contributed by atoms with van der Waals surface area (Å²) >= 11 is 0. The van der Waals surface area contributed by atoms with Gasteiger partial charge in [0, 0.05) is 24.2 Å². The standard InChI is InChI=1S/C17H21N3O/c1-11-3-4-12(2)14(5-11)9-18-17-8-16(19-10-20-17)13-6-15(21)7-13/h3-5,8,10,13,15,21H,6-7,9H2,1-2H3,(H,18,19,20). The molecule has 1 aromatic carbocycles. The molecule has 0 amide bonds. The Morgan fingerprint density at radius 3 is 2.76 bits per heavy atom. The van der Waals surface area contributed by atoms with Crippen molar-refractivity contribution in [1.82, 2.24) is 9.97 Å². The Balaban J connectivity index is 1.68. The first-order chi connectivity index (χ1) is 10.1. The van der Waals surface area contributed by atoms with Crippen LogP contribution in [-0.2, 0) is 6.54 Å². The first-order valence-electron chi connectivity index (χ1n) is 7.42. The highest BCUT2D eigenvalue weighted by Gasteiger charge is 2.29. The molecule has 2 N–H and O–H groups in total. The minimum absolute atomic E-state index is 0.156. The molecule has 21 heavy (non-hydrogen) atoms. The van der Waals surface area contributed by atoms with E-state index in [2.05, 4.69) is 47.3 Å². The quantitative estimate of drug-likeness (QED) is 0.905. The van der Waals surface area contributed by atoms with Gasteiger partial charge in [0.2, 0.25) is 0 Å². The third kappa shape index (κ3) is 3.22. The van der Waals surface area contributed by atoms with Crippen LogP contribution >= 0.6 is 0 Å². The fourth-order valence-corrected chi connectivity index (χ4v) is 2.70. The van der Waals surface area contributed by atoms with E-state index in [1.807, 2.05) is 6.07 Å². The van der Waals surface area contributed by atoms with Crippen LogP contribution in [0.1, 0.15) is 41.1 Å². The van der Waals surface area contributed by atoms with Crippen LogP contribution in [0, 0.1) is 13.8 Å². The Bertz CT molecular complexity index is 636. The lowest BCUT2D eigenvalue weighted by Gasteiger charge is -2.30. The molecule has 0 saturated heterocycles. The SMILES string of the molecule is Cc1ccc(C)c(CNc2cc(C3CC(O)C3)ncn2)c1. The summed E-state index contributed by atoms with van der Waals surface area (Å²) in [6.07, 6.45) is 3.07. The van der Waals surface area contributed by atoms with Gasteiger partial charge in [-0.25, -0.2) is 9.97 Å². The number of aryl methyl sites for hydroxylation is 2. The fraction of sp³-hybridized carbons (Fsp3) is 0.412. The number of benzene rings is 1. The molecule has 1 fully saturated rings. The summed E-state index contributed by atoms with van der Waals surface area (Å²) < 4.78 is 0. The van der Waals surface area contributed by atoms with Gasteiger partial charge >= 0.3 is 0 Å². The molecule has 1 aliphatic rings. The predicted octanol–water partition coefficient (Wildman–Crippen LogP) is 2.94. The minimum atomic E-state index is -0.156. The summed E-state index contributed by atoms with van der Waals surface area (Å²) in [5.74, 6) is 1.23.